The number of hydrogen-bond donors (Lipinski definition) is 2. The van der Waals surface area contributed by atoms with Crippen LogP contribution < -0.4 is 15.5 Å². The number of carbonyl (C=O) groups is 1. The van der Waals surface area contributed by atoms with Crippen molar-refractivity contribution in [1.29, 1.82) is 0 Å². The summed E-state index contributed by atoms with van der Waals surface area (Å²) in [5.74, 6) is -1.28. The number of sulfonamides is 1. The molecule has 2 N–H and O–H groups in total. The van der Waals surface area contributed by atoms with Gasteiger partial charge in [-0.3, -0.25) is 4.79 Å². The maximum Gasteiger partial charge on any atom is 0.259 e. The Balaban J connectivity index is 2.03. The molecule has 1 aromatic carbocycles. The number of nitrogens with one attached hydrogen (secondary N) is 2. The predicted molar refractivity (Wildman–Crippen MR) is 114 cm³/mol. The molecule has 11 nitrogen and oxygen atoms in total. The molecule has 2 aliphatic rings. The highest BCUT2D eigenvalue weighted by atomic mass is 32.2. The second kappa shape index (κ2) is 8.65. The molecule has 0 saturated carbocycles. The molecular weight excluding hydrogens is 470 g/mol. The number of sulfone groups is 2. The number of amides is 1. The molecule has 31 heavy (non-hydrogen) atoms. The van der Waals surface area contributed by atoms with Gasteiger partial charge in [-0.1, -0.05) is 0 Å². The number of rotatable bonds is 7. The van der Waals surface area contributed by atoms with E-state index in [2.05, 4.69) is 10.7 Å². The Morgan fingerprint density at radius 2 is 1.74 bits per heavy atom. The minimum Gasteiger partial charge on any atom is -0.495 e. The standard InChI is InChI=1S/C17H25N3O8S3/c1-12(21)18-13-3-4-16(28-2)17(9-13)31(26,27)20(15-6-8-30(24,25)11-15)19-14-5-7-29(22,23)10-14/h3-4,9,14-15,19H,5-8,10-11H2,1-2H3,(H,18,21)/t14-,15+/m0/s1. The van der Waals surface area contributed by atoms with Crippen LogP contribution in [0.1, 0.15) is 19.8 Å². The van der Waals surface area contributed by atoms with Crippen molar-refractivity contribution in [3.05, 3.63) is 18.2 Å². The Morgan fingerprint density at radius 1 is 1.10 bits per heavy atom. The first-order valence-corrected chi connectivity index (χ1v) is 14.6. The molecule has 0 spiro atoms. The highest BCUT2D eigenvalue weighted by Crippen LogP contribution is 2.32. The lowest BCUT2D eigenvalue weighted by atomic mass is 10.2. The SMILES string of the molecule is COc1ccc(NC(C)=O)cc1S(=O)(=O)N(N[C@H]1CCS(=O)(=O)C1)[C@@H]1CCS(=O)(=O)C1. The summed E-state index contributed by atoms with van der Waals surface area (Å²) in [4.78, 5) is 11.1. The number of anilines is 1. The first kappa shape index (κ1) is 23.9. The van der Waals surface area contributed by atoms with E-state index in [0.717, 1.165) is 4.41 Å². The first-order chi connectivity index (χ1) is 14.3. The van der Waals surface area contributed by atoms with E-state index in [9.17, 15) is 30.0 Å². The molecule has 2 fully saturated rings. The summed E-state index contributed by atoms with van der Waals surface area (Å²) in [5.41, 5.74) is 2.98. The monoisotopic (exact) mass is 495 g/mol. The molecule has 2 saturated heterocycles. The van der Waals surface area contributed by atoms with Crippen LogP contribution >= 0.6 is 0 Å². The molecule has 0 unspecified atom stereocenters. The van der Waals surface area contributed by atoms with Crippen molar-refractivity contribution >= 4 is 41.3 Å². The molecule has 0 bridgehead atoms. The van der Waals surface area contributed by atoms with Gasteiger partial charge in [0.05, 0.1) is 36.2 Å². The minimum atomic E-state index is -4.37. The number of hydrogen-bond acceptors (Lipinski definition) is 9. The van der Waals surface area contributed by atoms with Crippen molar-refractivity contribution in [1.82, 2.24) is 9.84 Å². The quantitative estimate of drug-likeness (QED) is 0.477. The fraction of sp³-hybridized carbons (Fsp3) is 0.588. The third-order valence-corrected chi connectivity index (χ3v) is 10.4. The fourth-order valence-corrected chi connectivity index (χ4v) is 8.89. The van der Waals surface area contributed by atoms with Gasteiger partial charge in [0.25, 0.3) is 10.0 Å². The third kappa shape index (κ3) is 5.55. The zero-order valence-corrected chi connectivity index (χ0v) is 19.5. The zero-order valence-electron chi connectivity index (χ0n) is 17.1. The average molecular weight is 496 g/mol. The van der Waals surface area contributed by atoms with Gasteiger partial charge >= 0.3 is 0 Å². The number of nitrogens with zero attached hydrogens (tertiary/aromatic N) is 1. The number of carbonyl (C=O) groups excluding carboxylic acids is 1. The summed E-state index contributed by atoms with van der Waals surface area (Å²) >= 11 is 0. The molecule has 2 atom stereocenters. The summed E-state index contributed by atoms with van der Waals surface area (Å²) in [6, 6.07) is 2.49. The maximum absolute atomic E-state index is 13.6. The molecule has 3 rings (SSSR count). The van der Waals surface area contributed by atoms with Crippen molar-refractivity contribution in [2.24, 2.45) is 0 Å². The lowest BCUT2D eigenvalue weighted by Crippen LogP contribution is -2.54. The molecule has 2 aliphatic heterocycles. The van der Waals surface area contributed by atoms with Crippen LogP contribution in [-0.2, 0) is 34.5 Å². The summed E-state index contributed by atoms with van der Waals surface area (Å²) in [6.07, 6.45) is 0.276. The van der Waals surface area contributed by atoms with Crippen LogP contribution in [0.3, 0.4) is 0 Å². The second-order valence-electron chi connectivity index (χ2n) is 7.63. The largest absolute Gasteiger partial charge is 0.495 e. The molecule has 2 heterocycles. The number of methoxy groups -OCH3 is 1. The van der Waals surface area contributed by atoms with Gasteiger partial charge in [0.1, 0.15) is 10.6 Å². The fourth-order valence-electron chi connectivity index (χ4n) is 3.67. The zero-order chi connectivity index (χ0) is 23.0. The number of ether oxygens (including phenoxy) is 1. The highest BCUT2D eigenvalue weighted by Gasteiger charge is 2.42. The van der Waals surface area contributed by atoms with Gasteiger partial charge < -0.3 is 10.1 Å². The maximum atomic E-state index is 13.6. The summed E-state index contributed by atoms with van der Waals surface area (Å²) in [7, 11) is -9.83. The Kier molecular flexibility index (Phi) is 6.68. The van der Waals surface area contributed by atoms with Crippen LogP contribution in [-0.4, -0.2) is 77.8 Å². The van der Waals surface area contributed by atoms with Gasteiger partial charge in [-0.2, -0.15) is 0 Å². The predicted octanol–water partition coefficient (Wildman–Crippen LogP) is -0.477. The van der Waals surface area contributed by atoms with Crippen molar-refractivity contribution < 1.29 is 34.8 Å². The van der Waals surface area contributed by atoms with Gasteiger partial charge in [0, 0.05) is 18.7 Å². The van der Waals surface area contributed by atoms with E-state index in [4.69, 9.17) is 4.74 Å². The second-order valence-corrected chi connectivity index (χ2v) is 13.9. The van der Waals surface area contributed by atoms with E-state index in [-0.39, 0.29) is 52.2 Å². The van der Waals surface area contributed by atoms with Crippen molar-refractivity contribution in [2.45, 2.75) is 36.7 Å². The van der Waals surface area contributed by atoms with Gasteiger partial charge in [0.15, 0.2) is 19.7 Å². The average Bonchev–Trinajstić information content (AvgIpc) is 3.19. The molecule has 1 aromatic rings. The van der Waals surface area contributed by atoms with Gasteiger partial charge in [-0.15, -0.1) is 4.41 Å². The van der Waals surface area contributed by atoms with E-state index in [1.165, 1.54) is 32.2 Å². The highest BCUT2D eigenvalue weighted by molar-refractivity contribution is 7.92. The van der Waals surface area contributed by atoms with Crippen LogP contribution in [0, 0.1) is 0 Å². The van der Waals surface area contributed by atoms with Crippen LogP contribution in [0.25, 0.3) is 0 Å². The lowest BCUT2D eigenvalue weighted by molar-refractivity contribution is -0.114. The van der Waals surface area contributed by atoms with E-state index in [0.29, 0.717) is 0 Å². The van der Waals surface area contributed by atoms with Crippen LogP contribution in [0.4, 0.5) is 5.69 Å². The molecule has 1 amide bonds. The molecule has 0 aliphatic carbocycles. The van der Waals surface area contributed by atoms with Gasteiger partial charge in [-0.25, -0.2) is 30.7 Å². The van der Waals surface area contributed by atoms with Crippen LogP contribution in [0.2, 0.25) is 0 Å². The molecule has 14 heteroatoms. The molecule has 0 radical (unpaired) electrons. The normalized spacial score (nSPS) is 24.9. The topological polar surface area (TPSA) is 156 Å². The Hall–Kier alpha value is -1.74. The van der Waals surface area contributed by atoms with E-state index >= 15 is 0 Å². The number of benzene rings is 1. The Bertz CT molecular complexity index is 1180. The first-order valence-electron chi connectivity index (χ1n) is 9.50. The van der Waals surface area contributed by atoms with Crippen molar-refractivity contribution in [2.75, 3.05) is 35.4 Å². The lowest BCUT2D eigenvalue weighted by Gasteiger charge is -2.31. The molecule has 0 aromatic heterocycles. The van der Waals surface area contributed by atoms with Crippen molar-refractivity contribution in [3.63, 3.8) is 0 Å². The molecule has 174 valence electrons. The van der Waals surface area contributed by atoms with Crippen LogP contribution in [0.5, 0.6) is 5.75 Å². The molecular formula is C17H25N3O8S3. The van der Waals surface area contributed by atoms with Gasteiger partial charge in [0.2, 0.25) is 5.91 Å². The summed E-state index contributed by atoms with van der Waals surface area (Å²) in [5, 5.41) is 2.50. The summed E-state index contributed by atoms with van der Waals surface area (Å²) in [6.45, 7) is 1.27. The van der Waals surface area contributed by atoms with Crippen LogP contribution in [0.15, 0.2) is 23.1 Å². The Labute approximate surface area is 182 Å². The third-order valence-electron chi connectivity index (χ3n) is 5.10. The van der Waals surface area contributed by atoms with Gasteiger partial charge in [-0.05, 0) is 31.0 Å². The Morgan fingerprint density at radius 3 is 2.26 bits per heavy atom. The summed E-state index contributed by atoms with van der Waals surface area (Å²) < 4.78 is 81.1. The van der Waals surface area contributed by atoms with E-state index < -0.39 is 47.7 Å². The smallest absolute Gasteiger partial charge is 0.259 e. The van der Waals surface area contributed by atoms with Crippen molar-refractivity contribution in [3.8, 4) is 5.75 Å². The van der Waals surface area contributed by atoms with E-state index in [1.807, 2.05) is 0 Å². The minimum absolute atomic E-state index is 0.000740. The number of hydrazine groups is 1. The van der Waals surface area contributed by atoms with E-state index in [1.54, 1.807) is 0 Å².